The Kier molecular flexibility index (Phi) is 6.22. The molecule has 0 amide bonds. The number of anilines is 1. The molecule has 0 aliphatic heterocycles. The van der Waals surface area contributed by atoms with Crippen molar-refractivity contribution in [2.45, 2.75) is 25.7 Å². The summed E-state index contributed by atoms with van der Waals surface area (Å²) in [5, 5.41) is 13.7. The van der Waals surface area contributed by atoms with Gasteiger partial charge in [0.15, 0.2) is 0 Å². The summed E-state index contributed by atoms with van der Waals surface area (Å²) in [7, 11) is 1.61. The van der Waals surface area contributed by atoms with Crippen molar-refractivity contribution in [3.8, 4) is 11.6 Å². The van der Waals surface area contributed by atoms with Gasteiger partial charge in [-0.05, 0) is 30.2 Å². The number of aliphatic hydroxyl groups is 1. The number of rotatable bonds is 8. The molecule has 0 aliphatic carbocycles. The highest BCUT2D eigenvalue weighted by molar-refractivity contribution is 5.33. The van der Waals surface area contributed by atoms with Crippen molar-refractivity contribution in [2.75, 3.05) is 12.4 Å². The summed E-state index contributed by atoms with van der Waals surface area (Å²) < 4.78 is 10.9. The second-order valence-corrected chi connectivity index (χ2v) is 6.14. The van der Waals surface area contributed by atoms with Crippen molar-refractivity contribution in [1.82, 2.24) is 9.97 Å². The Morgan fingerprint density at radius 1 is 1.04 bits per heavy atom. The van der Waals surface area contributed by atoms with Crippen LogP contribution in [0, 0.1) is 0 Å². The Hall–Kier alpha value is -3.12. The van der Waals surface area contributed by atoms with E-state index in [0.717, 1.165) is 16.9 Å². The van der Waals surface area contributed by atoms with E-state index in [1.165, 1.54) is 0 Å². The van der Waals surface area contributed by atoms with Crippen LogP contribution in [0.25, 0.3) is 0 Å². The maximum atomic E-state index is 10.5. The van der Waals surface area contributed by atoms with Crippen LogP contribution < -0.4 is 14.8 Å². The third-order valence-electron chi connectivity index (χ3n) is 4.15. The zero-order chi connectivity index (χ0) is 19.1. The summed E-state index contributed by atoms with van der Waals surface area (Å²) >= 11 is 0. The molecule has 3 aromatic rings. The molecular formula is C21H23N3O3. The van der Waals surface area contributed by atoms with Gasteiger partial charge in [0.2, 0.25) is 11.8 Å². The first-order valence-corrected chi connectivity index (χ1v) is 8.74. The number of aromatic nitrogens is 2. The molecule has 0 radical (unpaired) electrons. The lowest BCUT2D eigenvalue weighted by Crippen LogP contribution is -2.25. The van der Waals surface area contributed by atoms with Gasteiger partial charge < -0.3 is 19.9 Å². The van der Waals surface area contributed by atoms with Crippen LogP contribution >= 0.6 is 0 Å². The molecule has 2 aromatic carbocycles. The quantitative estimate of drug-likeness (QED) is 0.635. The van der Waals surface area contributed by atoms with Crippen LogP contribution in [0.4, 0.5) is 5.95 Å². The summed E-state index contributed by atoms with van der Waals surface area (Å²) in [5.41, 5.74) is 1.85. The van der Waals surface area contributed by atoms with E-state index in [0.29, 0.717) is 18.4 Å². The van der Waals surface area contributed by atoms with Gasteiger partial charge in [0.1, 0.15) is 12.4 Å². The van der Waals surface area contributed by atoms with Crippen molar-refractivity contribution in [3.63, 3.8) is 0 Å². The second kappa shape index (κ2) is 9.00. The Morgan fingerprint density at radius 3 is 2.48 bits per heavy atom. The Labute approximate surface area is 158 Å². The van der Waals surface area contributed by atoms with E-state index < -0.39 is 6.10 Å². The Bertz CT molecular complexity index is 841. The molecule has 0 saturated heterocycles. The van der Waals surface area contributed by atoms with Gasteiger partial charge in [-0.2, -0.15) is 4.98 Å². The third-order valence-corrected chi connectivity index (χ3v) is 4.15. The average Bonchev–Trinajstić information content (AvgIpc) is 2.73. The topological polar surface area (TPSA) is 76.5 Å². The predicted octanol–water partition coefficient (Wildman–Crippen LogP) is 3.60. The fraction of sp³-hybridized carbons (Fsp3) is 0.238. The van der Waals surface area contributed by atoms with Gasteiger partial charge in [0.25, 0.3) is 0 Å². The van der Waals surface area contributed by atoms with Crippen molar-refractivity contribution in [1.29, 1.82) is 0 Å². The minimum absolute atomic E-state index is 0.289. The zero-order valence-corrected chi connectivity index (χ0v) is 15.4. The van der Waals surface area contributed by atoms with E-state index in [9.17, 15) is 5.11 Å². The maximum Gasteiger partial charge on any atom is 0.226 e. The van der Waals surface area contributed by atoms with Gasteiger partial charge in [-0.25, -0.2) is 4.98 Å². The van der Waals surface area contributed by atoms with Crippen molar-refractivity contribution in [3.05, 3.63) is 78.0 Å². The first-order chi connectivity index (χ1) is 13.2. The summed E-state index contributed by atoms with van der Waals surface area (Å²) in [4.78, 5) is 8.56. The third kappa shape index (κ3) is 5.18. The molecule has 1 aromatic heterocycles. The number of aliphatic hydroxyl groups excluding tert-OH is 1. The van der Waals surface area contributed by atoms with Gasteiger partial charge in [-0.15, -0.1) is 0 Å². The fourth-order valence-corrected chi connectivity index (χ4v) is 2.60. The van der Waals surface area contributed by atoms with E-state index >= 15 is 0 Å². The van der Waals surface area contributed by atoms with Crippen LogP contribution in [0.3, 0.4) is 0 Å². The molecule has 0 aliphatic rings. The predicted molar refractivity (Wildman–Crippen MR) is 104 cm³/mol. The van der Waals surface area contributed by atoms with Crippen LogP contribution in [0.15, 0.2) is 66.9 Å². The van der Waals surface area contributed by atoms with Gasteiger partial charge >= 0.3 is 0 Å². The number of hydrogen-bond donors (Lipinski definition) is 2. The number of methoxy groups -OCH3 is 1. The van der Waals surface area contributed by atoms with Crippen LogP contribution in [-0.2, 0) is 6.61 Å². The molecule has 2 atom stereocenters. The molecule has 0 spiro atoms. The fourth-order valence-electron chi connectivity index (χ4n) is 2.60. The molecule has 140 valence electrons. The molecule has 2 N–H and O–H groups in total. The van der Waals surface area contributed by atoms with Gasteiger partial charge in [-0.3, -0.25) is 0 Å². The minimum atomic E-state index is -0.714. The van der Waals surface area contributed by atoms with Crippen LogP contribution in [0.1, 0.15) is 24.2 Å². The summed E-state index contributed by atoms with van der Waals surface area (Å²) in [6.45, 7) is 2.30. The van der Waals surface area contributed by atoms with Crippen molar-refractivity contribution in [2.24, 2.45) is 0 Å². The van der Waals surface area contributed by atoms with Crippen LogP contribution in [0.5, 0.6) is 11.6 Å². The minimum Gasteiger partial charge on any atom is -0.497 e. The van der Waals surface area contributed by atoms with Gasteiger partial charge in [0.05, 0.1) is 19.3 Å². The molecule has 0 unspecified atom stereocenters. The SMILES string of the molecule is COc1ccc([C@@H](O)[C@H](C)Nc2nccc(OCc3ccccc3)n2)cc1. The zero-order valence-electron chi connectivity index (χ0n) is 15.4. The van der Waals surface area contributed by atoms with Crippen molar-refractivity contribution < 1.29 is 14.6 Å². The normalized spacial score (nSPS) is 12.9. The molecule has 0 bridgehead atoms. The van der Waals surface area contributed by atoms with Crippen LogP contribution in [0.2, 0.25) is 0 Å². The number of ether oxygens (including phenoxy) is 2. The second-order valence-electron chi connectivity index (χ2n) is 6.14. The number of nitrogens with zero attached hydrogens (tertiary/aromatic N) is 2. The van der Waals surface area contributed by atoms with Crippen LogP contribution in [-0.4, -0.2) is 28.2 Å². The first-order valence-electron chi connectivity index (χ1n) is 8.74. The summed E-state index contributed by atoms with van der Waals surface area (Å²) in [5.74, 6) is 1.63. The van der Waals surface area contributed by atoms with Crippen molar-refractivity contribution >= 4 is 5.95 Å². The molecule has 6 nitrogen and oxygen atoms in total. The molecule has 0 fully saturated rings. The lowest BCUT2D eigenvalue weighted by molar-refractivity contribution is 0.160. The monoisotopic (exact) mass is 365 g/mol. The highest BCUT2D eigenvalue weighted by Gasteiger charge is 2.17. The number of nitrogens with one attached hydrogen (secondary N) is 1. The van der Waals surface area contributed by atoms with E-state index in [-0.39, 0.29) is 6.04 Å². The van der Waals surface area contributed by atoms with Gasteiger partial charge in [0, 0.05) is 12.3 Å². The standard InChI is InChI=1S/C21H23N3O3/c1-15(20(25)17-8-10-18(26-2)11-9-17)23-21-22-13-12-19(24-21)27-14-16-6-4-3-5-7-16/h3-13,15,20,25H,14H2,1-2H3,(H,22,23,24)/t15-,20-/m0/s1. The molecule has 27 heavy (non-hydrogen) atoms. The number of benzene rings is 2. The lowest BCUT2D eigenvalue weighted by Gasteiger charge is -2.21. The van der Waals surface area contributed by atoms with E-state index in [1.54, 1.807) is 19.4 Å². The first kappa shape index (κ1) is 18.7. The van der Waals surface area contributed by atoms with E-state index in [4.69, 9.17) is 9.47 Å². The largest absolute Gasteiger partial charge is 0.497 e. The molecule has 6 heteroatoms. The highest BCUT2D eigenvalue weighted by atomic mass is 16.5. The molecule has 3 rings (SSSR count). The molecule has 1 heterocycles. The molecular weight excluding hydrogens is 342 g/mol. The van der Waals surface area contributed by atoms with E-state index in [2.05, 4.69) is 15.3 Å². The Morgan fingerprint density at radius 2 is 1.78 bits per heavy atom. The lowest BCUT2D eigenvalue weighted by atomic mass is 10.0. The maximum absolute atomic E-state index is 10.5. The summed E-state index contributed by atoms with van der Waals surface area (Å²) in [6, 6.07) is 18.6. The van der Waals surface area contributed by atoms with E-state index in [1.807, 2.05) is 61.5 Å². The summed E-state index contributed by atoms with van der Waals surface area (Å²) in [6.07, 6.45) is 0.913. The highest BCUT2D eigenvalue weighted by Crippen LogP contribution is 2.22. The Balaban J connectivity index is 1.60. The average molecular weight is 365 g/mol. The smallest absolute Gasteiger partial charge is 0.226 e. The molecule has 0 saturated carbocycles. The number of hydrogen-bond acceptors (Lipinski definition) is 6. The van der Waals surface area contributed by atoms with Gasteiger partial charge in [-0.1, -0.05) is 42.5 Å².